The van der Waals surface area contributed by atoms with Gasteiger partial charge in [-0.25, -0.2) is 0 Å². The summed E-state index contributed by atoms with van der Waals surface area (Å²) in [6, 6.07) is 14.8. The number of carbonyl (C=O) groups excluding carboxylic acids is 3. The summed E-state index contributed by atoms with van der Waals surface area (Å²) in [5.74, 6) is -0.802. The Labute approximate surface area is 218 Å². The van der Waals surface area contributed by atoms with E-state index in [9.17, 15) is 24.5 Å². The minimum Gasteiger partial charge on any atom is -0.497 e. The third-order valence-electron chi connectivity index (χ3n) is 5.40. The number of methoxy groups -OCH3 is 3. The zero-order valence-electron chi connectivity index (χ0n) is 21.1. The average Bonchev–Trinajstić information content (AvgIpc) is 2.92. The molecule has 0 saturated carbocycles. The van der Waals surface area contributed by atoms with Crippen molar-refractivity contribution >= 4 is 35.0 Å². The first-order valence-electron chi connectivity index (χ1n) is 11.2. The smallest absolute Gasteiger partial charge is 0.280 e. The van der Waals surface area contributed by atoms with Gasteiger partial charge >= 0.3 is 0 Å². The molecule has 0 aliphatic rings. The summed E-state index contributed by atoms with van der Waals surface area (Å²) in [6.07, 6.45) is 1.16. The maximum absolute atomic E-state index is 13.3. The molecule has 0 unspecified atom stereocenters. The predicted molar refractivity (Wildman–Crippen MR) is 140 cm³/mol. The number of amides is 2. The molecular weight excluding hydrogens is 494 g/mol. The number of carbonyl (C=O) groups is 3. The van der Waals surface area contributed by atoms with Crippen molar-refractivity contribution < 1.29 is 33.5 Å². The fraction of sp³-hybridized carbons (Fsp3) is 0.148. The van der Waals surface area contributed by atoms with Gasteiger partial charge in [0.1, 0.15) is 11.4 Å². The minimum absolute atomic E-state index is 0.0229. The quantitative estimate of drug-likeness (QED) is 0.175. The van der Waals surface area contributed by atoms with Crippen LogP contribution in [0.2, 0.25) is 0 Å². The Morgan fingerprint density at radius 1 is 0.868 bits per heavy atom. The fourth-order valence-corrected chi connectivity index (χ4v) is 3.42. The van der Waals surface area contributed by atoms with E-state index in [1.165, 1.54) is 52.5 Å². The van der Waals surface area contributed by atoms with Crippen LogP contribution < -0.4 is 24.8 Å². The van der Waals surface area contributed by atoms with Gasteiger partial charge in [0.25, 0.3) is 17.5 Å². The molecule has 0 spiro atoms. The molecule has 3 aromatic rings. The number of benzene rings is 3. The Balaban J connectivity index is 2.07. The van der Waals surface area contributed by atoms with Gasteiger partial charge in [-0.1, -0.05) is 12.1 Å². The third-order valence-corrected chi connectivity index (χ3v) is 5.40. The highest BCUT2D eigenvalue weighted by Gasteiger charge is 2.22. The molecule has 11 nitrogen and oxygen atoms in total. The van der Waals surface area contributed by atoms with Crippen LogP contribution in [-0.2, 0) is 4.79 Å². The number of nitrogens with zero attached hydrogens (tertiary/aromatic N) is 1. The fourth-order valence-electron chi connectivity index (χ4n) is 3.42. The van der Waals surface area contributed by atoms with Gasteiger partial charge in [-0.15, -0.1) is 0 Å². The lowest BCUT2D eigenvalue weighted by molar-refractivity contribution is -0.385. The topological polar surface area (TPSA) is 146 Å². The van der Waals surface area contributed by atoms with Crippen molar-refractivity contribution in [3.05, 3.63) is 93.2 Å². The van der Waals surface area contributed by atoms with E-state index in [0.717, 1.165) is 12.1 Å². The van der Waals surface area contributed by atoms with E-state index < -0.39 is 16.7 Å². The van der Waals surface area contributed by atoms with Crippen LogP contribution in [0.4, 0.5) is 11.4 Å². The molecule has 196 valence electrons. The number of nitro groups is 1. The standard InChI is InChI=1S/C27H25N3O8/c1-16(31)18-6-5-7-20(12-18)28-27(33)22(29-26(32)17-8-10-21(36-2)11-9-17)13-19-14-24(37-3)25(38-4)15-23(19)30(34)35/h5-15H,1-4H3,(H,28,33)(H,29,32)/b22-13-. The van der Waals surface area contributed by atoms with Gasteiger partial charge in [-0.05, 0) is 55.5 Å². The lowest BCUT2D eigenvalue weighted by atomic mass is 10.1. The predicted octanol–water partition coefficient (Wildman–Crippen LogP) is 4.23. The molecule has 0 aromatic heterocycles. The summed E-state index contributed by atoms with van der Waals surface area (Å²) in [6.45, 7) is 1.39. The number of hydrogen-bond donors (Lipinski definition) is 2. The molecule has 2 amide bonds. The monoisotopic (exact) mass is 519 g/mol. The largest absolute Gasteiger partial charge is 0.497 e. The molecule has 0 aliphatic heterocycles. The number of nitrogens with one attached hydrogen (secondary N) is 2. The van der Waals surface area contributed by atoms with Crippen molar-refractivity contribution in [2.24, 2.45) is 0 Å². The zero-order valence-corrected chi connectivity index (χ0v) is 21.1. The van der Waals surface area contributed by atoms with Crippen LogP contribution in [-0.4, -0.2) is 43.9 Å². The van der Waals surface area contributed by atoms with E-state index in [1.807, 2.05) is 0 Å². The molecule has 2 N–H and O–H groups in total. The van der Waals surface area contributed by atoms with Crippen molar-refractivity contribution in [3.63, 3.8) is 0 Å². The number of hydrogen-bond acceptors (Lipinski definition) is 8. The summed E-state index contributed by atoms with van der Waals surface area (Å²) < 4.78 is 15.5. The Morgan fingerprint density at radius 2 is 1.53 bits per heavy atom. The van der Waals surface area contributed by atoms with Gasteiger partial charge in [0.15, 0.2) is 17.3 Å². The van der Waals surface area contributed by atoms with Crippen LogP contribution >= 0.6 is 0 Å². The molecule has 0 heterocycles. The first-order chi connectivity index (χ1) is 18.2. The van der Waals surface area contributed by atoms with Gasteiger partial charge < -0.3 is 24.8 Å². The van der Waals surface area contributed by atoms with Gasteiger partial charge in [0.05, 0.1) is 37.9 Å². The van der Waals surface area contributed by atoms with Crippen LogP contribution in [0.3, 0.4) is 0 Å². The van der Waals surface area contributed by atoms with Gasteiger partial charge in [0.2, 0.25) is 0 Å². The number of nitro benzene ring substituents is 1. The van der Waals surface area contributed by atoms with E-state index in [0.29, 0.717) is 11.3 Å². The van der Waals surface area contributed by atoms with E-state index in [4.69, 9.17) is 14.2 Å². The lowest BCUT2D eigenvalue weighted by Gasteiger charge is -2.13. The van der Waals surface area contributed by atoms with Gasteiger partial charge in [-0.2, -0.15) is 0 Å². The molecule has 3 aromatic carbocycles. The molecule has 0 atom stereocenters. The molecular formula is C27H25N3O8. The van der Waals surface area contributed by atoms with E-state index >= 15 is 0 Å². The van der Waals surface area contributed by atoms with Crippen LogP contribution in [0, 0.1) is 10.1 Å². The number of Topliss-reactive ketones (excluding diaryl/α,β-unsaturated/α-hetero) is 1. The Morgan fingerprint density at radius 3 is 2.11 bits per heavy atom. The first kappa shape index (κ1) is 27.4. The molecule has 0 fully saturated rings. The van der Waals surface area contributed by atoms with Crippen molar-refractivity contribution in [3.8, 4) is 17.2 Å². The highest BCUT2D eigenvalue weighted by atomic mass is 16.6. The first-order valence-corrected chi connectivity index (χ1v) is 11.2. The van der Waals surface area contributed by atoms with Crippen molar-refractivity contribution in [2.75, 3.05) is 26.6 Å². The highest BCUT2D eigenvalue weighted by molar-refractivity contribution is 6.11. The molecule has 38 heavy (non-hydrogen) atoms. The Kier molecular flexibility index (Phi) is 8.78. The van der Waals surface area contributed by atoms with Crippen LogP contribution in [0.15, 0.2) is 66.4 Å². The molecule has 0 radical (unpaired) electrons. The maximum Gasteiger partial charge on any atom is 0.280 e. The Hall–Kier alpha value is -5.19. The van der Waals surface area contributed by atoms with Gasteiger partial charge in [0, 0.05) is 16.8 Å². The molecule has 0 saturated heterocycles. The molecule has 3 rings (SSSR count). The van der Waals surface area contributed by atoms with Crippen molar-refractivity contribution in [1.29, 1.82) is 0 Å². The number of ether oxygens (including phenoxy) is 3. The van der Waals surface area contributed by atoms with Crippen LogP contribution in [0.5, 0.6) is 17.2 Å². The number of ketones is 1. The zero-order chi connectivity index (χ0) is 27.8. The van der Waals surface area contributed by atoms with Crippen molar-refractivity contribution in [2.45, 2.75) is 6.92 Å². The van der Waals surface area contributed by atoms with Crippen LogP contribution in [0.1, 0.15) is 33.2 Å². The number of anilines is 1. The third kappa shape index (κ3) is 6.52. The maximum atomic E-state index is 13.3. The summed E-state index contributed by atoms with van der Waals surface area (Å²) in [7, 11) is 4.18. The minimum atomic E-state index is -0.781. The molecule has 0 aliphatic carbocycles. The van der Waals surface area contributed by atoms with Crippen molar-refractivity contribution in [1.82, 2.24) is 5.32 Å². The molecule has 0 bridgehead atoms. The summed E-state index contributed by atoms with van der Waals surface area (Å²) in [5.41, 5.74) is 0.162. The highest BCUT2D eigenvalue weighted by Crippen LogP contribution is 2.35. The normalized spacial score (nSPS) is 10.8. The molecule has 11 heteroatoms. The van der Waals surface area contributed by atoms with E-state index in [-0.39, 0.29) is 45.5 Å². The van der Waals surface area contributed by atoms with E-state index in [1.54, 1.807) is 30.3 Å². The lowest BCUT2D eigenvalue weighted by Crippen LogP contribution is -2.30. The second kappa shape index (κ2) is 12.2. The van der Waals surface area contributed by atoms with E-state index in [2.05, 4.69) is 10.6 Å². The van der Waals surface area contributed by atoms with Crippen LogP contribution in [0.25, 0.3) is 6.08 Å². The van der Waals surface area contributed by atoms with Gasteiger partial charge in [-0.3, -0.25) is 24.5 Å². The average molecular weight is 520 g/mol. The second-order valence-electron chi connectivity index (χ2n) is 7.85. The summed E-state index contributed by atoms with van der Waals surface area (Å²) in [5, 5.41) is 16.9. The summed E-state index contributed by atoms with van der Waals surface area (Å²) >= 11 is 0. The number of rotatable bonds is 10. The SMILES string of the molecule is COc1ccc(C(=O)N/C(=C\c2cc(OC)c(OC)cc2[N+](=O)[O-])C(=O)Nc2cccc(C(C)=O)c2)cc1. The second-order valence-corrected chi connectivity index (χ2v) is 7.85. The summed E-state index contributed by atoms with van der Waals surface area (Å²) in [4.78, 5) is 49.2. The Bertz CT molecular complexity index is 1410.